The average Bonchev–Trinajstić information content (AvgIpc) is 2.99. The molecule has 0 radical (unpaired) electrons. The molecule has 1 aliphatic rings. The number of hydrogen-bond acceptors (Lipinski definition) is 7. The van der Waals surface area contributed by atoms with Crippen LogP contribution < -0.4 is 29.8 Å². The van der Waals surface area contributed by atoms with Gasteiger partial charge in [-0.3, -0.25) is 19.1 Å². The lowest BCUT2D eigenvalue weighted by molar-refractivity contribution is 0.102. The highest BCUT2D eigenvalue weighted by atomic mass is 19.1. The molecule has 3 aromatic carbocycles. The van der Waals surface area contributed by atoms with Crippen molar-refractivity contribution >= 4 is 22.5 Å². The number of pyridine rings is 2. The second-order valence-corrected chi connectivity index (χ2v) is 9.01. The van der Waals surface area contributed by atoms with E-state index < -0.39 is 17.3 Å². The summed E-state index contributed by atoms with van der Waals surface area (Å²) in [7, 11) is 0. The molecule has 0 bridgehead atoms. The van der Waals surface area contributed by atoms with Crippen LogP contribution in [0.5, 0.6) is 28.7 Å². The molecule has 0 unspecified atom stereocenters. The fourth-order valence-corrected chi connectivity index (χ4v) is 4.54. The molecule has 0 spiro atoms. The lowest BCUT2D eigenvalue weighted by Gasteiger charge is -2.21. The smallest absolute Gasteiger partial charge is 0.271 e. The van der Waals surface area contributed by atoms with Crippen molar-refractivity contribution in [3.8, 4) is 34.4 Å². The van der Waals surface area contributed by atoms with Gasteiger partial charge < -0.3 is 24.3 Å². The Balaban J connectivity index is 1.26. The van der Waals surface area contributed by atoms with Crippen molar-refractivity contribution in [1.82, 2.24) is 9.55 Å². The summed E-state index contributed by atoms with van der Waals surface area (Å²) in [5.41, 5.74) is 0.787. The average molecular weight is 554 g/mol. The molecule has 1 amide bonds. The minimum atomic E-state index is -0.646. The number of rotatable bonds is 7. The van der Waals surface area contributed by atoms with E-state index in [1.54, 1.807) is 43.5 Å². The molecule has 5 aromatic rings. The van der Waals surface area contributed by atoms with Crippen molar-refractivity contribution in [3.63, 3.8) is 0 Å². The number of benzene rings is 3. The maximum atomic E-state index is 13.4. The monoisotopic (exact) mass is 553 g/mol. The van der Waals surface area contributed by atoms with Crippen molar-refractivity contribution in [2.45, 2.75) is 6.92 Å². The summed E-state index contributed by atoms with van der Waals surface area (Å²) >= 11 is 0. The van der Waals surface area contributed by atoms with Gasteiger partial charge in [0.1, 0.15) is 41.8 Å². The lowest BCUT2D eigenvalue weighted by Crippen LogP contribution is -2.29. The number of hydrogen-bond donors (Lipinski definition) is 1. The van der Waals surface area contributed by atoms with Gasteiger partial charge in [0.2, 0.25) is 0 Å². The van der Waals surface area contributed by atoms with E-state index in [1.807, 2.05) is 12.1 Å². The first-order chi connectivity index (χ1) is 20.0. The molecule has 0 saturated heterocycles. The number of nitrogens with zero attached hydrogens (tertiary/aromatic N) is 2. The number of halogens is 1. The lowest BCUT2D eigenvalue weighted by atomic mass is 10.1. The SMILES string of the molecule is CCOc1ccn(-c2ccc(F)cc2)c(=O)c1C(=O)Nc1ccc(Oc2ccnc3ccc4c(c23)OCCO4)cc1. The summed E-state index contributed by atoms with van der Waals surface area (Å²) in [6, 6.07) is 19.1. The van der Waals surface area contributed by atoms with Crippen LogP contribution in [0, 0.1) is 5.82 Å². The molecule has 1 aliphatic heterocycles. The summed E-state index contributed by atoms with van der Waals surface area (Å²) in [5.74, 6) is 1.33. The third kappa shape index (κ3) is 5.14. The van der Waals surface area contributed by atoms with Gasteiger partial charge in [0, 0.05) is 23.8 Å². The zero-order valence-corrected chi connectivity index (χ0v) is 21.9. The second kappa shape index (κ2) is 11.0. The predicted molar refractivity (Wildman–Crippen MR) is 150 cm³/mol. The molecule has 206 valence electrons. The van der Waals surface area contributed by atoms with Crippen LogP contribution in [-0.4, -0.2) is 35.3 Å². The molecule has 1 N–H and O–H groups in total. The van der Waals surface area contributed by atoms with E-state index in [0.717, 1.165) is 0 Å². The zero-order chi connectivity index (χ0) is 28.3. The quantitative estimate of drug-likeness (QED) is 0.274. The van der Waals surface area contributed by atoms with E-state index in [-0.39, 0.29) is 17.9 Å². The Morgan fingerprint density at radius 2 is 1.76 bits per heavy atom. The minimum Gasteiger partial charge on any atom is -0.493 e. The summed E-state index contributed by atoms with van der Waals surface area (Å²) in [6.07, 6.45) is 3.14. The number of aromatic nitrogens is 2. The highest BCUT2D eigenvalue weighted by molar-refractivity contribution is 6.06. The van der Waals surface area contributed by atoms with E-state index in [2.05, 4.69) is 10.3 Å². The van der Waals surface area contributed by atoms with Gasteiger partial charge in [-0.05, 0) is 79.7 Å². The summed E-state index contributed by atoms with van der Waals surface area (Å²) in [4.78, 5) is 31.0. The van der Waals surface area contributed by atoms with Gasteiger partial charge in [0.15, 0.2) is 11.5 Å². The standard InChI is InChI=1S/C31H24FN3O6/c1-2-38-24-14-16-35(21-7-3-19(32)4-8-21)31(37)28(24)30(36)34-20-5-9-22(10-6-20)41-25-13-15-33-23-11-12-26-29(27(23)25)40-18-17-39-26/h3-16H,2,17-18H2,1H3,(H,34,36). The van der Waals surface area contributed by atoms with Crippen molar-refractivity contribution in [3.05, 3.63) is 107 Å². The number of amides is 1. The normalized spacial score (nSPS) is 12.1. The van der Waals surface area contributed by atoms with Crippen LogP contribution >= 0.6 is 0 Å². The zero-order valence-electron chi connectivity index (χ0n) is 21.9. The Hall–Kier alpha value is -5.38. The topological polar surface area (TPSA) is 101 Å². The van der Waals surface area contributed by atoms with E-state index in [9.17, 15) is 14.0 Å². The first-order valence-corrected chi connectivity index (χ1v) is 12.9. The molecule has 0 saturated carbocycles. The van der Waals surface area contributed by atoms with E-state index in [0.29, 0.717) is 58.5 Å². The molecular weight excluding hydrogens is 529 g/mol. The molecule has 0 atom stereocenters. The van der Waals surface area contributed by atoms with Gasteiger partial charge >= 0.3 is 0 Å². The van der Waals surface area contributed by atoms with Gasteiger partial charge in [0.05, 0.1) is 17.5 Å². The first kappa shape index (κ1) is 25.9. The van der Waals surface area contributed by atoms with Crippen molar-refractivity contribution < 1.29 is 28.1 Å². The fourth-order valence-electron chi connectivity index (χ4n) is 4.54. The summed E-state index contributed by atoms with van der Waals surface area (Å²) < 4.78 is 38.0. The number of ether oxygens (including phenoxy) is 4. The molecular formula is C31H24FN3O6. The van der Waals surface area contributed by atoms with Crippen LogP contribution in [0.15, 0.2) is 90.0 Å². The van der Waals surface area contributed by atoms with Crippen molar-refractivity contribution in [1.29, 1.82) is 0 Å². The largest absolute Gasteiger partial charge is 0.493 e. The third-order valence-electron chi connectivity index (χ3n) is 6.40. The van der Waals surface area contributed by atoms with Crippen LogP contribution in [0.2, 0.25) is 0 Å². The number of carbonyl (C=O) groups is 1. The Morgan fingerprint density at radius 3 is 2.54 bits per heavy atom. The van der Waals surface area contributed by atoms with Crippen LogP contribution in [0.1, 0.15) is 17.3 Å². The Kier molecular flexibility index (Phi) is 6.95. The van der Waals surface area contributed by atoms with Gasteiger partial charge in [-0.2, -0.15) is 0 Å². The maximum absolute atomic E-state index is 13.4. The summed E-state index contributed by atoms with van der Waals surface area (Å²) in [5, 5.41) is 3.45. The Morgan fingerprint density at radius 1 is 0.976 bits per heavy atom. The third-order valence-corrected chi connectivity index (χ3v) is 6.40. The molecule has 9 nitrogen and oxygen atoms in total. The van der Waals surface area contributed by atoms with Crippen molar-refractivity contribution in [2.75, 3.05) is 25.1 Å². The van der Waals surface area contributed by atoms with E-state index in [4.69, 9.17) is 18.9 Å². The number of fused-ring (bicyclic) bond motifs is 3. The molecule has 6 rings (SSSR count). The number of carbonyl (C=O) groups excluding carboxylic acids is 1. The van der Waals surface area contributed by atoms with Gasteiger partial charge in [-0.1, -0.05) is 0 Å². The summed E-state index contributed by atoms with van der Waals surface area (Å²) in [6.45, 7) is 2.91. The fraction of sp³-hybridized carbons (Fsp3) is 0.129. The van der Waals surface area contributed by atoms with Gasteiger partial charge in [-0.25, -0.2) is 4.39 Å². The molecule has 10 heteroatoms. The second-order valence-electron chi connectivity index (χ2n) is 9.01. The predicted octanol–water partition coefficient (Wildman–Crippen LogP) is 5.74. The molecule has 2 aromatic heterocycles. The van der Waals surface area contributed by atoms with Crippen LogP contribution in [-0.2, 0) is 0 Å². The van der Waals surface area contributed by atoms with Crippen LogP contribution in [0.4, 0.5) is 10.1 Å². The molecule has 0 aliphatic carbocycles. The van der Waals surface area contributed by atoms with Gasteiger partial charge in [0.25, 0.3) is 11.5 Å². The van der Waals surface area contributed by atoms with Crippen LogP contribution in [0.3, 0.4) is 0 Å². The minimum absolute atomic E-state index is 0.146. The Bertz CT molecular complexity index is 1800. The highest BCUT2D eigenvalue weighted by Gasteiger charge is 2.21. The van der Waals surface area contributed by atoms with E-state index >= 15 is 0 Å². The molecule has 3 heterocycles. The van der Waals surface area contributed by atoms with Gasteiger partial charge in [-0.15, -0.1) is 0 Å². The van der Waals surface area contributed by atoms with Crippen LogP contribution in [0.25, 0.3) is 16.6 Å². The first-order valence-electron chi connectivity index (χ1n) is 12.9. The molecule has 41 heavy (non-hydrogen) atoms. The Labute approximate surface area is 233 Å². The van der Waals surface area contributed by atoms with E-state index in [1.165, 1.54) is 41.1 Å². The highest BCUT2D eigenvalue weighted by Crippen LogP contribution is 2.42. The molecule has 0 fully saturated rings. The maximum Gasteiger partial charge on any atom is 0.271 e. The number of anilines is 1. The number of nitrogens with one attached hydrogen (secondary N) is 1. The van der Waals surface area contributed by atoms with Crippen molar-refractivity contribution in [2.24, 2.45) is 0 Å².